The third kappa shape index (κ3) is 3.95. The van der Waals surface area contributed by atoms with Gasteiger partial charge in [-0.15, -0.1) is 0 Å². The van der Waals surface area contributed by atoms with Crippen molar-refractivity contribution in [1.29, 1.82) is 0 Å². The predicted molar refractivity (Wildman–Crippen MR) is 66.8 cm³/mol. The number of hydrogen-bond donors (Lipinski definition) is 2. The third-order valence-electron chi connectivity index (χ3n) is 2.82. The van der Waals surface area contributed by atoms with Crippen molar-refractivity contribution in [3.8, 4) is 5.88 Å². The van der Waals surface area contributed by atoms with E-state index in [-0.39, 0.29) is 0 Å². The van der Waals surface area contributed by atoms with E-state index in [4.69, 9.17) is 19.5 Å². The second-order valence-electron chi connectivity index (χ2n) is 4.11. The van der Waals surface area contributed by atoms with Gasteiger partial charge in [-0.3, -0.25) is 4.90 Å². The van der Waals surface area contributed by atoms with Gasteiger partial charge in [0.15, 0.2) is 0 Å². The molecule has 2 rings (SSSR count). The van der Waals surface area contributed by atoms with Crippen LogP contribution in [0.2, 0.25) is 0 Å². The minimum absolute atomic E-state index is 0.357. The van der Waals surface area contributed by atoms with Gasteiger partial charge in [-0.2, -0.15) is 0 Å². The van der Waals surface area contributed by atoms with E-state index in [1.807, 2.05) is 0 Å². The van der Waals surface area contributed by atoms with Gasteiger partial charge in [0, 0.05) is 31.3 Å². The van der Waals surface area contributed by atoms with E-state index in [2.05, 4.69) is 9.88 Å². The summed E-state index contributed by atoms with van der Waals surface area (Å²) in [6.45, 7) is 4.84. The maximum atomic E-state index is 8.92. The Morgan fingerprint density at radius 3 is 2.72 bits per heavy atom. The SMILES string of the molecule is OB(O)c1ccc(OCCN2CCOCC2)nc1. The fourth-order valence-electron chi connectivity index (χ4n) is 1.73. The zero-order chi connectivity index (χ0) is 12.8. The molecule has 6 nitrogen and oxygen atoms in total. The number of pyridine rings is 1. The summed E-state index contributed by atoms with van der Waals surface area (Å²) < 4.78 is 10.7. The van der Waals surface area contributed by atoms with E-state index in [0.717, 1.165) is 32.8 Å². The molecule has 1 aliphatic rings. The Morgan fingerprint density at radius 2 is 2.11 bits per heavy atom. The minimum Gasteiger partial charge on any atom is -0.476 e. The van der Waals surface area contributed by atoms with Gasteiger partial charge in [0.25, 0.3) is 0 Å². The van der Waals surface area contributed by atoms with Gasteiger partial charge in [-0.25, -0.2) is 4.98 Å². The highest BCUT2D eigenvalue weighted by molar-refractivity contribution is 6.58. The predicted octanol–water partition coefficient (Wildman–Crippen LogP) is -1.53. The molecule has 0 spiro atoms. The molecule has 0 amide bonds. The molecule has 0 atom stereocenters. The molecule has 1 saturated heterocycles. The molecule has 1 fully saturated rings. The van der Waals surface area contributed by atoms with E-state index in [1.165, 1.54) is 6.20 Å². The van der Waals surface area contributed by atoms with Crippen LogP contribution in [0.3, 0.4) is 0 Å². The fraction of sp³-hybridized carbons (Fsp3) is 0.545. The molecule has 0 unspecified atom stereocenters. The average Bonchev–Trinajstić information content (AvgIpc) is 2.40. The van der Waals surface area contributed by atoms with Gasteiger partial charge in [-0.1, -0.05) is 6.07 Å². The Labute approximate surface area is 106 Å². The third-order valence-corrected chi connectivity index (χ3v) is 2.82. The van der Waals surface area contributed by atoms with Crippen molar-refractivity contribution in [2.45, 2.75) is 0 Å². The van der Waals surface area contributed by atoms with Crippen molar-refractivity contribution in [2.24, 2.45) is 0 Å². The first-order chi connectivity index (χ1) is 8.75. The summed E-state index contributed by atoms with van der Waals surface area (Å²) in [5, 5.41) is 17.8. The second-order valence-corrected chi connectivity index (χ2v) is 4.11. The van der Waals surface area contributed by atoms with E-state index < -0.39 is 7.12 Å². The molecule has 0 bridgehead atoms. The van der Waals surface area contributed by atoms with Crippen LogP contribution in [0.1, 0.15) is 0 Å². The van der Waals surface area contributed by atoms with Crippen LogP contribution in [0.5, 0.6) is 5.88 Å². The van der Waals surface area contributed by atoms with Gasteiger partial charge in [-0.05, 0) is 6.07 Å². The summed E-state index contributed by atoms with van der Waals surface area (Å²) in [5.41, 5.74) is 0.357. The molecule has 0 aliphatic carbocycles. The van der Waals surface area contributed by atoms with Crippen molar-refractivity contribution < 1.29 is 19.5 Å². The zero-order valence-electron chi connectivity index (χ0n) is 10.2. The summed E-state index contributed by atoms with van der Waals surface area (Å²) in [5.74, 6) is 0.493. The number of ether oxygens (including phenoxy) is 2. The Morgan fingerprint density at radius 1 is 1.33 bits per heavy atom. The molecule has 98 valence electrons. The smallest absolute Gasteiger partial charge is 0.476 e. The first-order valence-electron chi connectivity index (χ1n) is 6.01. The van der Waals surface area contributed by atoms with Gasteiger partial charge >= 0.3 is 7.12 Å². The van der Waals surface area contributed by atoms with Crippen LogP contribution in [0.4, 0.5) is 0 Å². The van der Waals surface area contributed by atoms with Gasteiger partial charge < -0.3 is 19.5 Å². The number of aromatic nitrogens is 1. The molecule has 7 heteroatoms. The maximum absolute atomic E-state index is 8.92. The van der Waals surface area contributed by atoms with Crippen LogP contribution in [0, 0.1) is 0 Å². The van der Waals surface area contributed by atoms with Crippen LogP contribution in [-0.2, 0) is 4.74 Å². The van der Waals surface area contributed by atoms with Crippen molar-refractivity contribution >= 4 is 12.6 Å². The minimum atomic E-state index is -1.49. The number of rotatable bonds is 5. The van der Waals surface area contributed by atoms with E-state index >= 15 is 0 Å². The van der Waals surface area contributed by atoms with Crippen LogP contribution < -0.4 is 10.2 Å². The summed E-state index contributed by atoms with van der Waals surface area (Å²) in [6.07, 6.45) is 1.40. The first kappa shape index (κ1) is 13.3. The van der Waals surface area contributed by atoms with Crippen molar-refractivity contribution in [3.05, 3.63) is 18.3 Å². The lowest BCUT2D eigenvalue weighted by Crippen LogP contribution is -2.38. The van der Waals surface area contributed by atoms with Gasteiger partial charge in [0.2, 0.25) is 5.88 Å². The van der Waals surface area contributed by atoms with Crippen LogP contribution in [-0.4, -0.2) is 66.5 Å². The molecule has 1 aromatic rings. The van der Waals surface area contributed by atoms with E-state index in [9.17, 15) is 0 Å². The van der Waals surface area contributed by atoms with Gasteiger partial charge in [0.1, 0.15) is 6.61 Å². The Balaban J connectivity index is 1.72. The molecule has 2 N–H and O–H groups in total. The molecular weight excluding hydrogens is 235 g/mol. The fourth-order valence-corrected chi connectivity index (χ4v) is 1.73. The quantitative estimate of drug-likeness (QED) is 0.619. The molecule has 1 aliphatic heterocycles. The topological polar surface area (TPSA) is 75.0 Å². The Kier molecular flexibility index (Phi) is 4.95. The highest BCUT2D eigenvalue weighted by Gasteiger charge is 2.12. The first-order valence-corrected chi connectivity index (χ1v) is 6.01. The summed E-state index contributed by atoms with van der Waals surface area (Å²) in [7, 11) is -1.49. The molecule has 2 heterocycles. The van der Waals surface area contributed by atoms with Crippen molar-refractivity contribution in [3.63, 3.8) is 0 Å². The average molecular weight is 252 g/mol. The van der Waals surface area contributed by atoms with Crippen LogP contribution in [0.25, 0.3) is 0 Å². The molecule has 1 aromatic heterocycles. The monoisotopic (exact) mass is 252 g/mol. The standard InChI is InChI=1S/C11H17BN2O4/c15-12(16)10-1-2-11(13-9-10)18-8-5-14-3-6-17-7-4-14/h1-2,9,15-16H,3-8H2. The largest absolute Gasteiger partial charge is 0.490 e. The Hall–Kier alpha value is -1.15. The second kappa shape index (κ2) is 6.70. The highest BCUT2D eigenvalue weighted by atomic mass is 16.5. The summed E-state index contributed by atoms with van der Waals surface area (Å²) in [4.78, 5) is 6.27. The van der Waals surface area contributed by atoms with Crippen LogP contribution in [0.15, 0.2) is 18.3 Å². The Bertz CT molecular complexity index is 355. The van der Waals surface area contributed by atoms with E-state index in [1.54, 1.807) is 12.1 Å². The van der Waals surface area contributed by atoms with Crippen molar-refractivity contribution in [2.75, 3.05) is 39.5 Å². The number of morpholine rings is 1. The lowest BCUT2D eigenvalue weighted by molar-refractivity contribution is 0.0320. The molecule has 18 heavy (non-hydrogen) atoms. The zero-order valence-corrected chi connectivity index (χ0v) is 10.2. The normalized spacial score (nSPS) is 16.6. The maximum Gasteiger partial charge on any atom is 0.490 e. The molecular formula is C11H17BN2O4. The van der Waals surface area contributed by atoms with Crippen LogP contribution >= 0.6 is 0 Å². The highest BCUT2D eigenvalue weighted by Crippen LogP contribution is 2.03. The summed E-state index contributed by atoms with van der Waals surface area (Å²) in [6, 6.07) is 3.22. The lowest BCUT2D eigenvalue weighted by Gasteiger charge is -2.26. The van der Waals surface area contributed by atoms with Crippen molar-refractivity contribution in [1.82, 2.24) is 9.88 Å². The lowest BCUT2D eigenvalue weighted by atomic mass is 9.82. The number of hydrogen-bond acceptors (Lipinski definition) is 6. The van der Waals surface area contributed by atoms with E-state index in [0.29, 0.717) is 17.9 Å². The summed E-state index contributed by atoms with van der Waals surface area (Å²) >= 11 is 0. The molecule has 0 saturated carbocycles. The molecule has 0 aromatic carbocycles. The van der Waals surface area contributed by atoms with Gasteiger partial charge in [0.05, 0.1) is 13.2 Å². The number of nitrogens with zero attached hydrogens (tertiary/aromatic N) is 2. The molecule has 0 radical (unpaired) electrons.